The van der Waals surface area contributed by atoms with Crippen molar-refractivity contribution in [2.24, 2.45) is 0 Å². The Morgan fingerprint density at radius 2 is 2.26 bits per heavy atom. The third-order valence-corrected chi connectivity index (χ3v) is 2.72. The highest BCUT2D eigenvalue weighted by Crippen LogP contribution is 2.15. The summed E-state index contributed by atoms with van der Waals surface area (Å²) in [5, 5.41) is 2.80. The topological polar surface area (TPSA) is 67.0 Å². The van der Waals surface area contributed by atoms with Gasteiger partial charge in [-0.1, -0.05) is 18.2 Å². The van der Waals surface area contributed by atoms with Crippen molar-refractivity contribution < 1.29 is 9.53 Å². The summed E-state index contributed by atoms with van der Waals surface area (Å²) in [7, 11) is 0. The maximum absolute atomic E-state index is 11.6. The lowest BCUT2D eigenvalue weighted by Crippen LogP contribution is -2.30. The molecular formula is C14H17N3O2. The van der Waals surface area contributed by atoms with Crippen LogP contribution in [0.5, 0.6) is 5.75 Å². The third-order valence-electron chi connectivity index (χ3n) is 2.72. The lowest BCUT2D eigenvalue weighted by molar-refractivity contribution is -0.123. The largest absolute Gasteiger partial charge is 0.484 e. The molecular weight excluding hydrogens is 242 g/mol. The van der Waals surface area contributed by atoms with Gasteiger partial charge >= 0.3 is 0 Å². The molecule has 100 valence electrons. The van der Waals surface area contributed by atoms with E-state index in [0.29, 0.717) is 6.54 Å². The van der Waals surface area contributed by atoms with Crippen molar-refractivity contribution in [2.75, 3.05) is 13.2 Å². The van der Waals surface area contributed by atoms with Gasteiger partial charge in [-0.2, -0.15) is 0 Å². The quantitative estimate of drug-likeness (QED) is 0.825. The Hall–Kier alpha value is -2.30. The summed E-state index contributed by atoms with van der Waals surface area (Å²) in [5.74, 6) is 0.619. The highest BCUT2D eigenvalue weighted by atomic mass is 16.5. The van der Waals surface area contributed by atoms with Gasteiger partial charge in [0.2, 0.25) is 0 Å². The number of para-hydroxylation sites is 1. The van der Waals surface area contributed by atoms with Crippen LogP contribution in [0.4, 0.5) is 0 Å². The molecule has 1 heterocycles. The predicted molar refractivity (Wildman–Crippen MR) is 72.0 cm³/mol. The van der Waals surface area contributed by atoms with Gasteiger partial charge in [0.25, 0.3) is 5.91 Å². The fraction of sp³-hybridized carbons (Fsp3) is 0.286. The number of carbonyl (C=O) groups excluding carboxylic acids is 1. The Morgan fingerprint density at radius 1 is 1.42 bits per heavy atom. The molecule has 1 amide bonds. The molecule has 5 heteroatoms. The van der Waals surface area contributed by atoms with E-state index in [0.717, 1.165) is 23.4 Å². The number of imidazole rings is 1. The second kappa shape index (κ2) is 6.58. The van der Waals surface area contributed by atoms with Crippen LogP contribution in [0.2, 0.25) is 0 Å². The molecule has 0 saturated heterocycles. The van der Waals surface area contributed by atoms with Crippen molar-refractivity contribution >= 4 is 5.91 Å². The molecule has 2 aromatic rings. The summed E-state index contributed by atoms with van der Waals surface area (Å²) in [4.78, 5) is 18.5. The second-order valence-electron chi connectivity index (χ2n) is 4.23. The zero-order chi connectivity index (χ0) is 13.5. The van der Waals surface area contributed by atoms with Gasteiger partial charge in [-0.25, -0.2) is 4.98 Å². The second-order valence-corrected chi connectivity index (χ2v) is 4.23. The van der Waals surface area contributed by atoms with E-state index >= 15 is 0 Å². The first kappa shape index (κ1) is 13.1. The Kier molecular flexibility index (Phi) is 4.55. The first-order valence-electron chi connectivity index (χ1n) is 6.18. The van der Waals surface area contributed by atoms with Crippen LogP contribution in [0.3, 0.4) is 0 Å². The molecule has 0 unspecified atom stereocenters. The highest BCUT2D eigenvalue weighted by Gasteiger charge is 2.04. The van der Waals surface area contributed by atoms with E-state index in [9.17, 15) is 4.79 Å². The van der Waals surface area contributed by atoms with Crippen LogP contribution in [0.15, 0.2) is 36.8 Å². The summed E-state index contributed by atoms with van der Waals surface area (Å²) < 4.78 is 5.45. The summed E-state index contributed by atoms with van der Waals surface area (Å²) in [6.45, 7) is 2.55. The van der Waals surface area contributed by atoms with Crippen molar-refractivity contribution in [3.63, 3.8) is 0 Å². The number of benzene rings is 1. The SMILES string of the molecule is Cc1ccccc1OCC(=O)NCCc1cnc[nH]1. The van der Waals surface area contributed by atoms with Crippen LogP contribution < -0.4 is 10.1 Å². The third kappa shape index (κ3) is 4.13. The summed E-state index contributed by atoms with van der Waals surface area (Å²) >= 11 is 0. The molecule has 0 fully saturated rings. The molecule has 0 aliphatic rings. The van der Waals surface area contributed by atoms with Crippen molar-refractivity contribution in [2.45, 2.75) is 13.3 Å². The Bertz CT molecular complexity index is 523. The molecule has 1 aromatic carbocycles. The normalized spacial score (nSPS) is 10.2. The molecule has 2 rings (SSSR count). The number of amides is 1. The number of carbonyl (C=O) groups is 1. The van der Waals surface area contributed by atoms with Gasteiger partial charge in [0.05, 0.1) is 6.33 Å². The molecule has 0 radical (unpaired) electrons. The number of nitrogens with one attached hydrogen (secondary N) is 2. The van der Waals surface area contributed by atoms with Gasteiger partial charge in [-0.05, 0) is 18.6 Å². The van der Waals surface area contributed by atoms with Gasteiger partial charge in [0.1, 0.15) is 5.75 Å². The number of hydrogen-bond acceptors (Lipinski definition) is 3. The first-order chi connectivity index (χ1) is 9.25. The van der Waals surface area contributed by atoms with Crippen molar-refractivity contribution in [3.05, 3.63) is 48.0 Å². The number of aryl methyl sites for hydroxylation is 1. The van der Waals surface area contributed by atoms with Crippen LogP contribution in [-0.2, 0) is 11.2 Å². The molecule has 0 spiro atoms. The fourth-order valence-corrected chi connectivity index (χ4v) is 1.67. The average Bonchev–Trinajstić information content (AvgIpc) is 2.91. The fourth-order valence-electron chi connectivity index (χ4n) is 1.67. The van der Waals surface area contributed by atoms with Gasteiger partial charge in [0, 0.05) is 24.9 Å². The molecule has 0 aliphatic heterocycles. The molecule has 1 aromatic heterocycles. The summed E-state index contributed by atoms with van der Waals surface area (Å²) in [5.41, 5.74) is 2.02. The smallest absolute Gasteiger partial charge is 0.257 e. The number of ether oxygens (including phenoxy) is 1. The first-order valence-corrected chi connectivity index (χ1v) is 6.18. The number of hydrogen-bond donors (Lipinski definition) is 2. The van der Waals surface area contributed by atoms with Crippen LogP contribution >= 0.6 is 0 Å². The van der Waals surface area contributed by atoms with Gasteiger partial charge in [-0.3, -0.25) is 4.79 Å². The van der Waals surface area contributed by atoms with Crippen LogP contribution in [0, 0.1) is 6.92 Å². The maximum Gasteiger partial charge on any atom is 0.257 e. The van der Waals surface area contributed by atoms with E-state index in [1.807, 2.05) is 31.2 Å². The van der Waals surface area contributed by atoms with Crippen molar-refractivity contribution in [1.29, 1.82) is 0 Å². The Morgan fingerprint density at radius 3 is 3.00 bits per heavy atom. The maximum atomic E-state index is 11.6. The molecule has 5 nitrogen and oxygen atoms in total. The predicted octanol–water partition coefficient (Wildman–Crippen LogP) is 1.46. The van der Waals surface area contributed by atoms with E-state index in [2.05, 4.69) is 15.3 Å². The standard InChI is InChI=1S/C14H17N3O2/c1-11-4-2-3-5-13(11)19-9-14(18)16-7-6-12-8-15-10-17-12/h2-5,8,10H,6-7,9H2,1H3,(H,15,17)(H,16,18). The Balaban J connectivity index is 1.69. The number of nitrogens with zero attached hydrogens (tertiary/aromatic N) is 1. The molecule has 0 aliphatic carbocycles. The van der Waals surface area contributed by atoms with E-state index in [1.54, 1.807) is 12.5 Å². The van der Waals surface area contributed by atoms with E-state index in [4.69, 9.17) is 4.74 Å². The van der Waals surface area contributed by atoms with Crippen LogP contribution in [0.1, 0.15) is 11.3 Å². The molecule has 0 saturated carbocycles. The van der Waals surface area contributed by atoms with Crippen LogP contribution in [0.25, 0.3) is 0 Å². The lowest BCUT2D eigenvalue weighted by Gasteiger charge is -2.09. The van der Waals surface area contributed by atoms with Gasteiger partial charge in [0.15, 0.2) is 6.61 Å². The number of aromatic nitrogens is 2. The van der Waals surface area contributed by atoms with Crippen LogP contribution in [-0.4, -0.2) is 29.0 Å². The summed E-state index contributed by atoms with van der Waals surface area (Å²) in [6, 6.07) is 7.63. The number of H-pyrrole nitrogens is 1. The molecule has 0 atom stereocenters. The highest BCUT2D eigenvalue weighted by molar-refractivity contribution is 5.77. The van der Waals surface area contributed by atoms with E-state index in [-0.39, 0.29) is 12.5 Å². The zero-order valence-corrected chi connectivity index (χ0v) is 10.8. The number of rotatable bonds is 6. The van der Waals surface area contributed by atoms with E-state index < -0.39 is 0 Å². The van der Waals surface area contributed by atoms with E-state index in [1.165, 1.54) is 0 Å². The monoisotopic (exact) mass is 259 g/mol. The van der Waals surface area contributed by atoms with Gasteiger partial charge in [-0.15, -0.1) is 0 Å². The zero-order valence-electron chi connectivity index (χ0n) is 10.8. The minimum Gasteiger partial charge on any atom is -0.484 e. The summed E-state index contributed by atoms with van der Waals surface area (Å²) in [6.07, 6.45) is 4.10. The average molecular weight is 259 g/mol. The molecule has 2 N–H and O–H groups in total. The number of aromatic amines is 1. The minimum atomic E-state index is -0.122. The van der Waals surface area contributed by atoms with Crippen molar-refractivity contribution in [3.8, 4) is 5.75 Å². The molecule has 0 bridgehead atoms. The Labute approximate surface area is 112 Å². The molecule has 19 heavy (non-hydrogen) atoms. The van der Waals surface area contributed by atoms with Gasteiger partial charge < -0.3 is 15.0 Å². The minimum absolute atomic E-state index is 0.0355. The van der Waals surface area contributed by atoms with Crippen molar-refractivity contribution in [1.82, 2.24) is 15.3 Å². The lowest BCUT2D eigenvalue weighted by atomic mass is 10.2.